The highest BCUT2D eigenvalue weighted by atomic mass is 19.2. The van der Waals surface area contributed by atoms with Crippen molar-refractivity contribution in [1.29, 1.82) is 0 Å². The Morgan fingerprint density at radius 1 is 1.40 bits per heavy atom. The van der Waals surface area contributed by atoms with Crippen LogP contribution in [0.15, 0.2) is 24.5 Å². The molecule has 0 amide bonds. The number of hydrogen-bond donors (Lipinski definition) is 2. The fourth-order valence-corrected chi connectivity index (χ4v) is 2.08. The lowest BCUT2D eigenvalue weighted by atomic mass is 10.0. The van der Waals surface area contributed by atoms with Crippen molar-refractivity contribution in [2.45, 2.75) is 32.4 Å². The molecule has 1 heterocycles. The molecule has 5 nitrogen and oxygen atoms in total. The van der Waals surface area contributed by atoms with E-state index in [1.165, 1.54) is 18.5 Å². The van der Waals surface area contributed by atoms with Gasteiger partial charge in [0.25, 0.3) is 0 Å². The normalized spacial score (nSPS) is 12.6. The smallest absolute Gasteiger partial charge is 0.163 e. The van der Waals surface area contributed by atoms with E-state index in [9.17, 15) is 8.78 Å². The van der Waals surface area contributed by atoms with Crippen LogP contribution in [0.5, 0.6) is 0 Å². The first-order valence-corrected chi connectivity index (χ1v) is 6.44. The minimum absolute atomic E-state index is 0.179. The number of nitrogens with one attached hydrogen (secondary N) is 1. The first-order chi connectivity index (χ1) is 9.67. The lowest BCUT2D eigenvalue weighted by molar-refractivity contribution is 0.451. The molecule has 0 saturated carbocycles. The van der Waals surface area contributed by atoms with Crippen LogP contribution in [0.3, 0.4) is 0 Å². The van der Waals surface area contributed by atoms with E-state index in [4.69, 9.17) is 5.84 Å². The number of aromatic nitrogens is 3. The summed E-state index contributed by atoms with van der Waals surface area (Å²) in [5.74, 6) is 4.36. The van der Waals surface area contributed by atoms with Crippen molar-refractivity contribution in [3.05, 3.63) is 47.5 Å². The van der Waals surface area contributed by atoms with Gasteiger partial charge in [0.2, 0.25) is 0 Å². The third kappa shape index (κ3) is 3.00. The van der Waals surface area contributed by atoms with E-state index in [-0.39, 0.29) is 5.56 Å². The second-order valence-electron chi connectivity index (χ2n) is 4.47. The van der Waals surface area contributed by atoms with Crippen LogP contribution in [0.2, 0.25) is 0 Å². The fourth-order valence-electron chi connectivity index (χ4n) is 2.08. The SMILES string of the molecule is CCCn1ncnc1CC(NN)c1cccc(F)c1F. The summed E-state index contributed by atoms with van der Waals surface area (Å²) in [5, 5.41) is 4.10. The maximum absolute atomic E-state index is 13.8. The highest BCUT2D eigenvalue weighted by Gasteiger charge is 2.19. The molecule has 2 rings (SSSR count). The van der Waals surface area contributed by atoms with Gasteiger partial charge in [0.15, 0.2) is 11.6 Å². The molecule has 0 spiro atoms. The zero-order valence-corrected chi connectivity index (χ0v) is 11.2. The third-order valence-corrected chi connectivity index (χ3v) is 3.08. The summed E-state index contributed by atoms with van der Waals surface area (Å²) in [4.78, 5) is 4.14. The topological polar surface area (TPSA) is 68.8 Å². The lowest BCUT2D eigenvalue weighted by Crippen LogP contribution is -2.31. The minimum Gasteiger partial charge on any atom is -0.271 e. The molecule has 7 heteroatoms. The third-order valence-electron chi connectivity index (χ3n) is 3.08. The van der Waals surface area contributed by atoms with E-state index in [1.807, 2.05) is 6.92 Å². The molecular formula is C13H17F2N5. The van der Waals surface area contributed by atoms with Crippen molar-refractivity contribution in [1.82, 2.24) is 20.2 Å². The second kappa shape index (κ2) is 6.53. The molecule has 1 atom stereocenters. The number of nitrogens with two attached hydrogens (primary N) is 1. The number of rotatable bonds is 6. The summed E-state index contributed by atoms with van der Waals surface area (Å²) in [6, 6.07) is 3.47. The Morgan fingerprint density at radius 2 is 2.20 bits per heavy atom. The van der Waals surface area contributed by atoms with E-state index in [0.717, 1.165) is 19.0 Å². The molecule has 2 aromatic rings. The van der Waals surface area contributed by atoms with Crippen LogP contribution >= 0.6 is 0 Å². The van der Waals surface area contributed by atoms with Gasteiger partial charge in [0, 0.05) is 18.5 Å². The second-order valence-corrected chi connectivity index (χ2v) is 4.47. The molecule has 1 aromatic carbocycles. The monoisotopic (exact) mass is 281 g/mol. The maximum atomic E-state index is 13.8. The Balaban J connectivity index is 2.24. The molecule has 0 aliphatic rings. The van der Waals surface area contributed by atoms with Crippen molar-refractivity contribution in [2.24, 2.45) is 5.84 Å². The zero-order valence-electron chi connectivity index (χ0n) is 11.2. The van der Waals surface area contributed by atoms with Gasteiger partial charge in [0.1, 0.15) is 12.2 Å². The quantitative estimate of drug-likeness (QED) is 0.625. The Labute approximate surface area is 115 Å². The predicted molar refractivity (Wildman–Crippen MR) is 70.4 cm³/mol. The summed E-state index contributed by atoms with van der Waals surface area (Å²) in [6.07, 6.45) is 2.68. The van der Waals surface area contributed by atoms with Crippen LogP contribution < -0.4 is 11.3 Å². The number of aryl methyl sites for hydroxylation is 1. The van der Waals surface area contributed by atoms with Crippen molar-refractivity contribution in [3.63, 3.8) is 0 Å². The van der Waals surface area contributed by atoms with Gasteiger partial charge in [0.05, 0.1) is 6.04 Å². The average Bonchev–Trinajstić information content (AvgIpc) is 2.87. The molecule has 1 aromatic heterocycles. The number of hydrogen-bond acceptors (Lipinski definition) is 4. The molecule has 0 radical (unpaired) electrons. The van der Waals surface area contributed by atoms with Crippen LogP contribution in [0.1, 0.15) is 30.8 Å². The molecular weight excluding hydrogens is 264 g/mol. The Morgan fingerprint density at radius 3 is 2.90 bits per heavy atom. The summed E-state index contributed by atoms with van der Waals surface area (Å²) in [7, 11) is 0. The van der Waals surface area contributed by atoms with Crippen molar-refractivity contribution < 1.29 is 8.78 Å². The molecule has 3 N–H and O–H groups in total. The fraction of sp³-hybridized carbons (Fsp3) is 0.385. The standard InChI is InChI=1S/C13H17F2N5/c1-2-6-20-12(17-8-18-20)7-11(19-16)9-4-3-5-10(14)13(9)15/h3-5,8,11,19H,2,6-7,16H2,1H3. The van der Waals surface area contributed by atoms with Crippen LogP contribution in [0.25, 0.3) is 0 Å². The van der Waals surface area contributed by atoms with E-state index >= 15 is 0 Å². The first-order valence-electron chi connectivity index (χ1n) is 6.44. The van der Waals surface area contributed by atoms with Crippen LogP contribution in [0.4, 0.5) is 8.78 Å². The summed E-state index contributed by atoms with van der Waals surface area (Å²) < 4.78 is 28.8. The van der Waals surface area contributed by atoms with E-state index < -0.39 is 17.7 Å². The van der Waals surface area contributed by atoms with E-state index in [2.05, 4.69) is 15.5 Å². The van der Waals surface area contributed by atoms with Crippen molar-refractivity contribution in [3.8, 4) is 0 Å². The molecule has 0 saturated heterocycles. The molecule has 20 heavy (non-hydrogen) atoms. The van der Waals surface area contributed by atoms with Crippen molar-refractivity contribution in [2.75, 3.05) is 0 Å². The molecule has 0 fully saturated rings. The predicted octanol–water partition coefficient (Wildman–Crippen LogP) is 1.71. The van der Waals surface area contributed by atoms with Gasteiger partial charge in [-0.2, -0.15) is 5.10 Å². The lowest BCUT2D eigenvalue weighted by Gasteiger charge is -2.17. The van der Waals surface area contributed by atoms with Gasteiger partial charge in [-0.15, -0.1) is 0 Å². The van der Waals surface area contributed by atoms with E-state index in [0.29, 0.717) is 12.2 Å². The highest BCUT2D eigenvalue weighted by molar-refractivity contribution is 5.23. The molecule has 0 aliphatic carbocycles. The number of halogens is 2. The first kappa shape index (κ1) is 14.5. The van der Waals surface area contributed by atoms with Gasteiger partial charge in [-0.1, -0.05) is 19.1 Å². The molecule has 0 bridgehead atoms. The van der Waals surface area contributed by atoms with Gasteiger partial charge >= 0.3 is 0 Å². The Hall–Kier alpha value is -1.86. The maximum Gasteiger partial charge on any atom is 0.163 e. The van der Waals surface area contributed by atoms with Gasteiger partial charge in [-0.3, -0.25) is 16.0 Å². The Bertz CT molecular complexity index is 570. The minimum atomic E-state index is -0.892. The summed E-state index contributed by atoms with van der Waals surface area (Å²) in [6.45, 7) is 2.74. The van der Waals surface area contributed by atoms with Gasteiger partial charge in [-0.25, -0.2) is 13.8 Å². The van der Waals surface area contributed by atoms with Crippen LogP contribution in [-0.2, 0) is 13.0 Å². The molecule has 1 unspecified atom stereocenters. The summed E-state index contributed by atoms with van der Waals surface area (Å²) >= 11 is 0. The average molecular weight is 281 g/mol. The molecule has 108 valence electrons. The zero-order chi connectivity index (χ0) is 14.5. The Kier molecular flexibility index (Phi) is 4.75. The van der Waals surface area contributed by atoms with E-state index in [1.54, 1.807) is 4.68 Å². The highest BCUT2D eigenvalue weighted by Crippen LogP contribution is 2.21. The number of benzene rings is 1. The van der Waals surface area contributed by atoms with Gasteiger partial charge in [-0.05, 0) is 12.5 Å². The number of nitrogens with zero attached hydrogens (tertiary/aromatic N) is 3. The van der Waals surface area contributed by atoms with Gasteiger partial charge < -0.3 is 0 Å². The van der Waals surface area contributed by atoms with Crippen molar-refractivity contribution >= 4 is 0 Å². The summed E-state index contributed by atoms with van der Waals surface area (Å²) in [5.41, 5.74) is 2.69. The number of hydrazine groups is 1. The van der Waals surface area contributed by atoms with Crippen LogP contribution in [0, 0.1) is 11.6 Å². The molecule has 0 aliphatic heterocycles. The van der Waals surface area contributed by atoms with Crippen LogP contribution in [-0.4, -0.2) is 14.8 Å². The largest absolute Gasteiger partial charge is 0.271 e.